The maximum Gasteiger partial charge on any atom is 0.239 e. The van der Waals surface area contributed by atoms with Crippen molar-refractivity contribution in [3.8, 4) is 5.75 Å². The lowest BCUT2D eigenvalue weighted by molar-refractivity contribution is -0.134. The Morgan fingerprint density at radius 1 is 1.27 bits per heavy atom. The number of methoxy groups -OCH3 is 1. The Labute approximate surface area is 132 Å². The number of hydrogen-bond acceptors (Lipinski definition) is 3. The highest BCUT2D eigenvalue weighted by Crippen LogP contribution is 2.27. The van der Waals surface area contributed by atoms with Crippen LogP contribution in [0.1, 0.15) is 31.2 Å². The van der Waals surface area contributed by atoms with Crippen molar-refractivity contribution in [1.29, 1.82) is 0 Å². The van der Waals surface area contributed by atoms with Crippen LogP contribution in [0.5, 0.6) is 5.75 Å². The summed E-state index contributed by atoms with van der Waals surface area (Å²) in [5.74, 6) is 1.95. The van der Waals surface area contributed by atoms with Crippen LogP contribution in [0.15, 0.2) is 24.3 Å². The molecule has 0 aromatic heterocycles. The molecular weight excluding hydrogens is 276 g/mol. The monoisotopic (exact) mass is 302 g/mol. The summed E-state index contributed by atoms with van der Waals surface area (Å²) >= 11 is 0. The molecule has 1 N–H and O–H groups in total. The van der Waals surface area contributed by atoms with Crippen molar-refractivity contribution >= 4 is 5.91 Å². The van der Waals surface area contributed by atoms with Gasteiger partial charge in [0, 0.05) is 13.1 Å². The van der Waals surface area contributed by atoms with Crippen molar-refractivity contribution in [2.45, 2.75) is 38.1 Å². The number of piperidine rings is 1. The number of rotatable bonds is 4. The molecule has 2 aliphatic rings. The first-order valence-corrected chi connectivity index (χ1v) is 8.42. The molecule has 0 bridgehead atoms. The molecule has 22 heavy (non-hydrogen) atoms. The Kier molecular flexibility index (Phi) is 4.98. The van der Waals surface area contributed by atoms with Crippen molar-refractivity contribution in [3.63, 3.8) is 0 Å². The van der Waals surface area contributed by atoms with Gasteiger partial charge in [-0.05, 0) is 56.2 Å². The lowest BCUT2D eigenvalue weighted by Gasteiger charge is -2.33. The molecule has 2 heterocycles. The molecule has 1 unspecified atom stereocenters. The Bertz CT molecular complexity index is 504. The van der Waals surface area contributed by atoms with Crippen molar-refractivity contribution in [3.05, 3.63) is 29.8 Å². The van der Waals surface area contributed by atoms with Gasteiger partial charge in [0.05, 0.1) is 13.2 Å². The molecule has 1 aromatic rings. The van der Waals surface area contributed by atoms with E-state index in [1.165, 1.54) is 5.56 Å². The zero-order valence-electron chi connectivity index (χ0n) is 13.4. The molecule has 0 radical (unpaired) electrons. The second kappa shape index (κ2) is 7.14. The van der Waals surface area contributed by atoms with Gasteiger partial charge < -0.3 is 15.0 Å². The fourth-order valence-electron chi connectivity index (χ4n) is 3.66. The van der Waals surface area contributed by atoms with E-state index in [1.54, 1.807) is 7.11 Å². The molecule has 1 aromatic carbocycles. The van der Waals surface area contributed by atoms with Gasteiger partial charge in [0.1, 0.15) is 5.75 Å². The number of benzene rings is 1. The zero-order chi connectivity index (χ0) is 15.4. The van der Waals surface area contributed by atoms with E-state index < -0.39 is 0 Å². The molecule has 4 nitrogen and oxygen atoms in total. The van der Waals surface area contributed by atoms with E-state index in [9.17, 15) is 4.79 Å². The van der Waals surface area contributed by atoms with Gasteiger partial charge in [0.15, 0.2) is 0 Å². The summed E-state index contributed by atoms with van der Waals surface area (Å²) < 4.78 is 5.44. The highest BCUT2D eigenvalue weighted by molar-refractivity contribution is 5.82. The molecule has 2 saturated heterocycles. The van der Waals surface area contributed by atoms with Gasteiger partial charge in [-0.15, -0.1) is 0 Å². The summed E-state index contributed by atoms with van der Waals surface area (Å²) in [5, 5.41) is 3.31. The normalized spacial score (nSPS) is 22.8. The van der Waals surface area contributed by atoms with Gasteiger partial charge >= 0.3 is 0 Å². The first-order valence-electron chi connectivity index (χ1n) is 8.42. The standard InChI is InChI=1S/C18H26N2O2/c1-22-17-7-3-2-5-15(17)13-14-8-11-20(12-9-14)18(21)16-6-4-10-19-16/h2-3,5,7,14,16,19H,4,6,8-13H2,1H3. The summed E-state index contributed by atoms with van der Waals surface area (Å²) in [6.45, 7) is 2.79. The van der Waals surface area contributed by atoms with Crippen molar-refractivity contribution in [2.24, 2.45) is 5.92 Å². The van der Waals surface area contributed by atoms with Crippen molar-refractivity contribution in [1.82, 2.24) is 10.2 Å². The van der Waals surface area contributed by atoms with Crippen LogP contribution < -0.4 is 10.1 Å². The smallest absolute Gasteiger partial charge is 0.239 e. The molecule has 4 heteroatoms. The first-order chi connectivity index (χ1) is 10.8. The van der Waals surface area contributed by atoms with Crippen molar-refractivity contribution < 1.29 is 9.53 Å². The summed E-state index contributed by atoms with van der Waals surface area (Å²) in [7, 11) is 1.73. The van der Waals surface area contributed by atoms with Crippen LogP contribution in [0.2, 0.25) is 0 Å². The van der Waals surface area contributed by atoms with Crippen LogP contribution in [0, 0.1) is 5.92 Å². The Morgan fingerprint density at radius 2 is 2.05 bits per heavy atom. The minimum Gasteiger partial charge on any atom is -0.496 e. The van der Waals surface area contributed by atoms with Crippen LogP contribution in [0.4, 0.5) is 0 Å². The predicted octanol–water partition coefficient (Wildman–Crippen LogP) is 2.23. The lowest BCUT2D eigenvalue weighted by Crippen LogP contribution is -2.47. The number of para-hydroxylation sites is 1. The van der Waals surface area contributed by atoms with E-state index in [2.05, 4.69) is 22.3 Å². The maximum absolute atomic E-state index is 12.4. The van der Waals surface area contributed by atoms with E-state index in [-0.39, 0.29) is 6.04 Å². The van der Waals surface area contributed by atoms with Crippen LogP contribution in [-0.2, 0) is 11.2 Å². The number of nitrogens with zero attached hydrogens (tertiary/aromatic N) is 1. The zero-order valence-corrected chi connectivity index (χ0v) is 13.4. The number of nitrogens with one attached hydrogen (secondary N) is 1. The number of hydrogen-bond donors (Lipinski definition) is 1. The van der Waals surface area contributed by atoms with E-state index in [0.717, 1.165) is 57.5 Å². The number of ether oxygens (including phenoxy) is 1. The molecule has 3 rings (SSSR count). The average Bonchev–Trinajstić information content (AvgIpc) is 3.10. The SMILES string of the molecule is COc1ccccc1CC1CCN(C(=O)C2CCCN2)CC1. The minimum atomic E-state index is 0.0748. The number of carbonyl (C=O) groups excluding carboxylic acids is 1. The third-order valence-electron chi connectivity index (χ3n) is 4.99. The summed E-state index contributed by atoms with van der Waals surface area (Å²) in [6.07, 6.45) is 5.36. The average molecular weight is 302 g/mol. The van der Waals surface area contributed by atoms with Crippen LogP contribution >= 0.6 is 0 Å². The third-order valence-corrected chi connectivity index (χ3v) is 4.99. The van der Waals surface area contributed by atoms with Crippen LogP contribution in [0.3, 0.4) is 0 Å². The predicted molar refractivity (Wildman–Crippen MR) is 87.0 cm³/mol. The minimum absolute atomic E-state index is 0.0748. The molecule has 2 fully saturated rings. The third kappa shape index (κ3) is 3.43. The molecule has 0 saturated carbocycles. The van der Waals surface area contributed by atoms with Crippen LogP contribution in [0.25, 0.3) is 0 Å². The fourth-order valence-corrected chi connectivity index (χ4v) is 3.66. The van der Waals surface area contributed by atoms with E-state index in [4.69, 9.17) is 4.74 Å². The molecule has 0 spiro atoms. The molecule has 1 atom stereocenters. The van der Waals surface area contributed by atoms with E-state index in [1.807, 2.05) is 12.1 Å². The maximum atomic E-state index is 12.4. The summed E-state index contributed by atoms with van der Waals surface area (Å²) in [6, 6.07) is 8.34. The van der Waals surface area contributed by atoms with Gasteiger partial charge in [-0.25, -0.2) is 0 Å². The summed E-state index contributed by atoms with van der Waals surface area (Å²) in [4.78, 5) is 14.5. The molecule has 1 amide bonds. The summed E-state index contributed by atoms with van der Waals surface area (Å²) in [5.41, 5.74) is 1.28. The topological polar surface area (TPSA) is 41.6 Å². The number of amides is 1. The first kappa shape index (κ1) is 15.3. The Balaban J connectivity index is 1.52. The van der Waals surface area contributed by atoms with E-state index >= 15 is 0 Å². The van der Waals surface area contributed by atoms with Crippen molar-refractivity contribution in [2.75, 3.05) is 26.7 Å². The Morgan fingerprint density at radius 3 is 2.73 bits per heavy atom. The quantitative estimate of drug-likeness (QED) is 0.927. The largest absolute Gasteiger partial charge is 0.496 e. The highest BCUT2D eigenvalue weighted by atomic mass is 16.5. The van der Waals surface area contributed by atoms with E-state index in [0.29, 0.717) is 11.8 Å². The van der Waals surface area contributed by atoms with Gasteiger partial charge in [-0.3, -0.25) is 4.79 Å². The molecule has 120 valence electrons. The van der Waals surface area contributed by atoms with Gasteiger partial charge in [0.25, 0.3) is 0 Å². The molecular formula is C18H26N2O2. The van der Waals surface area contributed by atoms with Crippen LogP contribution in [-0.4, -0.2) is 43.6 Å². The number of carbonyl (C=O) groups is 1. The highest BCUT2D eigenvalue weighted by Gasteiger charge is 2.29. The number of likely N-dealkylation sites (tertiary alicyclic amines) is 1. The fraction of sp³-hybridized carbons (Fsp3) is 0.611. The van der Waals surface area contributed by atoms with Gasteiger partial charge in [-0.2, -0.15) is 0 Å². The van der Waals surface area contributed by atoms with Gasteiger partial charge in [0.2, 0.25) is 5.91 Å². The second-order valence-electron chi connectivity index (χ2n) is 6.43. The molecule has 0 aliphatic carbocycles. The van der Waals surface area contributed by atoms with Gasteiger partial charge in [-0.1, -0.05) is 18.2 Å². The second-order valence-corrected chi connectivity index (χ2v) is 6.43. The lowest BCUT2D eigenvalue weighted by atomic mass is 9.89. The Hall–Kier alpha value is -1.55. The molecule has 2 aliphatic heterocycles.